The van der Waals surface area contributed by atoms with Crippen molar-refractivity contribution in [1.29, 1.82) is 0 Å². The van der Waals surface area contributed by atoms with Gasteiger partial charge in [-0.15, -0.1) is 0 Å². The molecule has 0 bridgehead atoms. The molecule has 0 unspecified atom stereocenters. The molecule has 0 aliphatic carbocycles. The summed E-state index contributed by atoms with van der Waals surface area (Å²) < 4.78 is 1.36. The largest absolute Gasteiger partial charge is 0.365 e. The van der Waals surface area contributed by atoms with Crippen molar-refractivity contribution in [2.24, 2.45) is 12.8 Å². The molecule has 1 aromatic heterocycles. The van der Waals surface area contributed by atoms with E-state index in [1.165, 1.54) is 10.6 Å². The number of amides is 1. The highest BCUT2D eigenvalue weighted by Crippen LogP contribution is 2.14. The van der Waals surface area contributed by atoms with Crippen molar-refractivity contribution >= 4 is 17.5 Å². The van der Waals surface area contributed by atoms with Gasteiger partial charge in [-0.05, 0) is 35.7 Å². The van der Waals surface area contributed by atoms with E-state index in [2.05, 4.69) is 0 Å². The van der Waals surface area contributed by atoms with Crippen LogP contribution in [0.15, 0.2) is 41.3 Å². The Kier molecular flexibility index (Phi) is 3.71. The van der Waals surface area contributed by atoms with E-state index in [4.69, 9.17) is 17.3 Å². The van der Waals surface area contributed by atoms with Crippen LogP contribution in [0.4, 0.5) is 0 Å². The smallest absolute Gasteiger partial charge is 0.263 e. The van der Waals surface area contributed by atoms with Gasteiger partial charge in [-0.1, -0.05) is 23.7 Å². The Balaban J connectivity index is 2.41. The maximum atomic E-state index is 11.7. The molecule has 0 fully saturated rings. The maximum Gasteiger partial charge on any atom is 0.263 e. The van der Waals surface area contributed by atoms with E-state index >= 15 is 0 Å². The summed E-state index contributed by atoms with van der Waals surface area (Å²) in [6.45, 7) is 0. The number of rotatable bonds is 3. The van der Waals surface area contributed by atoms with Crippen LogP contribution in [-0.2, 0) is 13.5 Å². The lowest BCUT2D eigenvalue weighted by Crippen LogP contribution is -2.28. The predicted octanol–water partition coefficient (Wildman–Crippen LogP) is 1.73. The molecule has 0 spiro atoms. The zero-order chi connectivity index (χ0) is 14.0. The lowest BCUT2D eigenvalue weighted by atomic mass is 10.0. The minimum Gasteiger partial charge on any atom is -0.365 e. The van der Waals surface area contributed by atoms with Gasteiger partial charge >= 0.3 is 0 Å². The van der Waals surface area contributed by atoms with E-state index in [9.17, 15) is 9.59 Å². The molecular weight excluding hydrogens is 264 g/mol. The summed E-state index contributed by atoms with van der Waals surface area (Å²) in [6, 6.07) is 8.96. The van der Waals surface area contributed by atoms with Crippen molar-refractivity contribution in [3.8, 4) is 0 Å². The van der Waals surface area contributed by atoms with Gasteiger partial charge in [0.2, 0.25) is 0 Å². The van der Waals surface area contributed by atoms with E-state index in [0.29, 0.717) is 11.4 Å². The fraction of sp³-hybridized carbons (Fsp3) is 0.143. The van der Waals surface area contributed by atoms with E-state index in [1.807, 2.05) is 18.2 Å². The first-order valence-corrected chi connectivity index (χ1v) is 6.09. The summed E-state index contributed by atoms with van der Waals surface area (Å²) in [4.78, 5) is 22.9. The Morgan fingerprint density at radius 3 is 2.68 bits per heavy atom. The number of pyridine rings is 1. The number of nitrogens with zero attached hydrogens (tertiary/aromatic N) is 1. The fourth-order valence-electron chi connectivity index (χ4n) is 1.94. The fourth-order valence-corrected chi connectivity index (χ4v) is 2.15. The Hall–Kier alpha value is -2.07. The maximum absolute atomic E-state index is 11.7. The van der Waals surface area contributed by atoms with Gasteiger partial charge in [0.25, 0.3) is 11.5 Å². The van der Waals surface area contributed by atoms with Crippen LogP contribution in [0.3, 0.4) is 0 Å². The van der Waals surface area contributed by atoms with Crippen LogP contribution >= 0.6 is 11.6 Å². The highest BCUT2D eigenvalue weighted by atomic mass is 35.5. The first-order valence-electron chi connectivity index (χ1n) is 5.71. The van der Waals surface area contributed by atoms with Crippen LogP contribution in [0.5, 0.6) is 0 Å². The van der Waals surface area contributed by atoms with Crippen molar-refractivity contribution < 1.29 is 4.79 Å². The number of aryl methyl sites for hydroxylation is 1. The first kappa shape index (κ1) is 13.4. The number of carbonyl (C=O) groups excluding carboxylic acids is 1. The average molecular weight is 277 g/mol. The van der Waals surface area contributed by atoms with Gasteiger partial charge < -0.3 is 10.3 Å². The molecular formula is C14H13ClN2O2. The molecule has 5 heteroatoms. The SMILES string of the molecule is Cn1cc(Cc2cccc(Cl)c2)cc(C(N)=O)c1=O. The summed E-state index contributed by atoms with van der Waals surface area (Å²) in [5, 5.41) is 0.650. The molecule has 2 aromatic rings. The molecule has 98 valence electrons. The van der Waals surface area contributed by atoms with Gasteiger partial charge in [-0.25, -0.2) is 0 Å². The lowest BCUT2D eigenvalue weighted by Gasteiger charge is -2.07. The zero-order valence-electron chi connectivity index (χ0n) is 10.4. The van der Waals surface area contributed by atoms with Crippen molar-refractivity contribution in [3.63, 3.8) is 0 Å². The van der Waals surface area contributed by atoms with Crippen LogP contribution in [0.25, 0.3) is 0 Å². The lowest BCUT2D eigenvalue weighted by molar-refractivity contribution is 0.0998. The molecule has 2 rings (SSSR count). The predicted molar refractivity (Wildman–Crippen MR) is 74.5 cm³/mol. The number of hydrogen-bond donors (Lipinski definition) is 1. The number of nitrogens with two attached hydrogens (primary N) is 1. The molecule has 1 heterocycles. The standard InChI is InChI=1S/C14H13ClN2O2/c1-17-8-10(7-12(13(16)18)14(17)19)5-9-3-2-4-11(15)6-9/h2-4,6-8H,5H2,1H3,(H2,16,18). The monoisotopic (exact) mass is 276 g/mol. The Bertz CT molecular complexity index is 692. The third-order valence-corrected chi connectivity index (χ3v) is 3.04. The van der Waals surface area contributed by atoms with Crippen molar-refractivity contribution in [2.45, 2.75) is 6.42 Å². The van der Waals surface area contributed by atoms with Crippen molar-refractivity contribution in [3.05, 3.63) is 68.6 Å². The number of halogens is 1. The number of hydrogen-bond acceptors (Lipinski definition) is 2. The van der Waals surface area contributed by atoms with Gasteiger partial charge in [-0.2, -0.15) is 0 Å². The van der Waals surface area contributed by atoms with Gasteiger partial charge in [0.05, 0.1) is 0 Å². The zero-order valence-corrected chi connectivity index (χ0v) is 11.1. The Labute approximate surface area is 115 Å². The summed E-state index contributed by atoms with van der Waals surface area (Å²) >= 11 is 5.92. The van der Waals surface area contributed by atoms with Crippen molar-refractivity contribution in [2.75, 3.05) is 0 Å². The van der Waals surface area contributed by atoms with E-state index in [1.54, 1.807) is 19.3 Å². The normalized spacial score (nSPS) is 10.4. The summed E-state index contributed by atoms with van der Waals surface area (Å²) in [7, 11) is 1.59. The second kappa shape index (κ2) is 5.28. The van der Waals surface area contributed by atoms with Crippen molar-refractivity contribution in [1.82, 2.24) is 4.57 Å². The van der Waals surface area contributed by atoms with Gasteiger partial charge in [0.1, 0.15) is 5.56 Å². The number of primary amides is 1. The van der Waals surface area contributed by atoms with Gasteiger partial charge in [0, 0.05) is 18.3 Å². The summed E-state index contributed by atoms with van der Waals surface area (Å²) in [5.41, 5.74) is 6.64. The number of aromatic nitrogens is 1. The molecule has 0 aliphatic rings. The van der Waals surface area contributed by atoms with Crippen LogP contribution in [0, 0.1) is 0 Å². The number of benzene rings is 1. The molecule has 0 saturated carbocycles. The minimum atomic E-state index is -0.714. The van der Waals surface area contributed by atoms with Gasteiger partial charge in [0.15, 0.2) is 0 Å². The second-order valence-electron chi connectivity index (χ2n) is 4.35. The highest BCUT2D eigenvalue weighted by molar-refractivity contribution is 6.30. The van der Waals surface area contributed by atoms with E-state index < -0.39 is 5.91 Å². The van der Waals surface area contributed by atoms with Crippen LogP contribution in [-0.4, -0.2) is 10.5 Å². The van der Waals surface area contributed by atoms with Crippen LogP contribution in [0.2, 0.25) is 5.02 Å². The summed E-state index contributed by atoms with van der Waals surface area (Å²) in [5.74, 6) is -0.714. The van der Waals surface area contributed by atoms with Crippen LogP contribution in [0.1, 0.15) is 21.5 Å². The topological polar surface area (TPSA) is 65.1 Å². The molecule has 0 radical (unpaired) electrons. The van der Waals surface area contributed by atoms with E-state index in [-0.39, 0.29) is 11.1 Å². The Morgan fingerprint density at radius 2 is 2.05 bits per heavy atom. The highest BCUT2D eigenvalue weighted by Gasteiger charge is 2.10. The molecule has 4 nitrogen and oxygen atoms in total. The number of carbonyl (C=O) groups is 1. The van der Waals surface area contributed by atoms with Crippen LogP contribution < -0.4 is 11.3 Å². The molecule has 19 heavy (non-hydrogen) atoms. The molecule has 0 atom stereocenters. The third kappa shape index (κ3) is 3.03. The first-order chi connectivity index (χ1) is 8.97. The Morgan fingerprint density at radius 1 is 1.32 bits per heavy atom. The second-order valence-corrected chi connectivity index (χ2v) is 4.79. The van der Waals surface area contributed by atoms with E-state index in [0.717, 1.165) is 11.1 Å². The van der Waals surface area contributed by atoms with Gasteiger partial charge in [-0.3, -0.25) is 9.59 Å². The molecule has 0 aliphatic heterocycles. The quantitative estimate of drug-likeness (QED) is 0.928. The molecule has 1 aromatic carbocycles. The third-order valence-electron chi connectivity index (χ3n) is 2.80. The summed E-state index contributed by atoms with van der Waals surface area (Å²) in [6.07, 6.45) is 2.27. The molecule has 2 N–H and O–H groups in total. The minimum absolute atomic E-state index is 0.00188. The molecule has 1 amide bonds. The average Bonchev–Trinajstić information content (AvgIpc) is 2.33. The molecule has 0 saturated heterocycles.